The first-order chi connectivity index (χ1) is 9.81. The molecule has 0 fully saturated rings. The van der Waals surface area contributed by atoms with Crippen molar-refractivity contribution >= 4 is 5.91 Å². The van der Waals surface area contributed by atoms with E-state index in [9.17, 15) is 4.79 Å². The van der Waals surface area contributed by atoms with Gasteiger partial charge in [0.1, 0.15) is 0 Å². The Hall–Kier alpha value is -2.16. The summed E-state index contributed by atoms with van der Waals surface area (Å²) in [5, 5.41) is 3.00. The number of nitrogens with one attached hydrogen (secondary N) is 1. The van der Waals surface area contributed by atoms with E-state index >= 15 is 0 Å². The molecular weight excluding hydrogens is 248 g/mol. The van der Waals surface area contributed by atoms with E-state index in [1.807, 2.05) is 43.3 Å². The zero-order valence-corrected chi connectivity index (χ0v) is 11.8. The van der Waals surface area contributed by atoms with Crippen molar-refractivity contribution in [2.24, 2.45) is 0 Å². The molecule has 0 bridgehead atoms. The Balaban J connectivity index is 2.15. The predicted octanol–water partition coefficient (Wildman–Crippen LogP) is 3.13. The summed E-state index contributed by atoms with van der Waals surface area (Å²) in [5.74, 6) is 0.197. The van der Waals surface area contributed by atoms with Gasteiger partial charge < -0.3 is 5.32 Å². The van der Waals surface area contributed by atoms with Crippen LogP contribution in [-0.2, 0) is 4.79 Å². The molecule has 0 aliphatic carbocycles. The summed E-state index contributed by atoms with van der Waals surface area (Å²) in [6, 6.07) is 16.1. The van der Waals surface area contributed by atoms with E-state index in [1.54, 1.807) is 6.20 Å². The number of benzene rings is 1. The van der Waals surface area contributed by atoms with Gasteiger partial charge in [0.25, 0.3) is 0 Å². The molecule has 1 atom stereocenters. The monoisotopic (exact) mass is 268 g/mol. The molecule has 3 heteroatoms. The normalized spacial score (nSPS) is 11.8. The number of aromatic nitrogens is 1. The number of amides is 1. The minimum atomic E-state index is 0.0956. The molecule has 1 N–H and O–H groups in total. The zero-order valence-electron chi connectivity index (χ0n) is 11.8. The van der Waals surface area contributed by atoms with Crippen LogP contribution in [0.2, 0.25) is 0 Å². The third-order valence-corrected chi connectivity index (χ3v) is 3.23. The van der Waals surface area contributed by atoms with Crippen molar-refractivity contribution in [2.75, 3.05) is 6.54 Å². The van der Waals surface area contributed by atoms with Gasteiger partial charge in [-0.25, -0.2) is 0 Å². The van der Waals surface area contributed by atoms with Crippen LogP contribution in [0.4, 0.5) is 0 Å². The smallest absolute Gasteiger partial charge is 0.220 e. The van der Waals surface area contributed by atoms with Crippen molar-refractivity contribution in [3.63, 3.8) is 0 Å². The second-order valence-electron chi connectivity index (χ2n) is 4.77. The first-order valence-corrected chi connectivity index (χ1v) is 7.04. The molecule has 0 aliphatic rings. The third kappa shape index (κ3) is 3.92. The van der Waals surface area contributed by atoms with Gasteiger partial charge in [-0.3, -0.25) is 9.78 Å². The Morgan fingerprint density at radius 1 is 1.15 bits per heavy atom. The molecule has 2 rings (SSSR count). The molecule has 1 unspecified atom stereocenters. The highest BCUT2D eigenvalue weighted by atomic mass is 16.1. The molecule has 1 heterocycles. The lowest BCUT2D eigenvalue weighted by atomic mass is 9.95. The van der Waals surface area contributed by atoms with Crippen LogP contribution < -0.4 is 5.32 Å². The zero-order chi connectivity index (χ0) is 14.2. The topological polar surface area (TPSA) is 42.0 Å². The molecule has 0 saturated heterocycles. The van der Waals surface area contributed by atoms with Crippen LogP contribution in [0, 0.1) is 0 Å². The lowest BCUT2D eigenvalue weighted by Gasteiger charge is -2.17. The van der Waals surface area contributed by atoms with Crippen molar-refractivity contribution in [3.8, 4) is 0 Å². The average molecular weight is 268 g/mol. The van der Waals surface area contributed by atoms with E-state index < -0.39 is 0 Å². The summed E-state index contributed by atoms with van der Waals surface area (Å²) in [4.78, 5) is 16.1. The fourth-order valence-electron chi connectivity index (χ4n) is 2.19. The van der Waals surface area contributed by atoms with E-state index in [0.717, 1.165) is 12.1 Å². The molecular formula is C17H20N2O. The molecule has 1 aromatic carbocycles. The summed E-state index contributed by atoms with van der Waals surface area (Å²) in [6.07, 6.45) is 3.23. The summed E-state index contributed by atoms with van der Waals surface area (Å²) < 4.78 is 0. The summed E-state index contributed by atoms with van der Waals surface area (Å²) >= 11 is 0. The van der Waals surface area contributed by atoms with Gasteiger partial charge in [0.15, 0.2) is 0 Å². The van der Waals surface area contributed by atoms with Crippen LogP contribution >= 0.6 is 0 Å². The second kappa shape index (κ2) is 7.43. The van der Waals surface area contributed by atoms with E-state index in [4.69, 9.17) is 0 Å². The van der Waals surface area contributed by atoms with Crippen molar-refractivity contribution in [1.29, 1.82) is 0 Å². The van der Waals surface area contributed by atoms with Crippen molar-refractivity contribution in [3.05, 3.63) is 66.0 Å². The van der Waals surface area contributed by atoms with Gasteiger partial charge in [0.05, 0.1) is 0 Å². The third-order valence-electron chi connectivity index (χ3n) is 3.23. The quantitative estimate of drug-likeness (QED) is 0.874. The molecule has 0 aliphatic heterocycles. The van der Waals surface area contributed by atoms with Crippen molar-refractivity contribution < 1.29 is 4.79 Å². The van der Waals surface area contributed by atoms with Gasteiger partial charge in [-0.2, -0.15) is 0 Å². The number of nitrogens with zero attached hydrogens (tertiary/aromatic N) is 1. The second-order valence-corrected chi connectivity index (χ2v) is 4.77. The molecule has 1 amide bonds. The van der Waals surface area contributed by atoms with Crippen LogP contribution in [0.25, 0.3) is 0 Å². The van der Waals surface area contributed by atoms with E-state index in [0.29, 0.717) is 13.0 Å². The maximum Gasteiger partial charge on any atom is 0.220 e. The van der Waals surface area contributed by atoms with E-state index in [-0.39, 0.29) is 11.8 Å². The largest absolute Gasteiger partial charge is 0.355 e. The SMILES string of the molecule is CCCC(=O)NCC(c1ccccc1)c1ccccn1. The summed E-state index contributed by atoms with van der Waals surface area (Å²) in [7, 11) is 0. The average Bonchev–Trinajstić information content (AvgIpc) is 2.50. The predicted molar refractivity (Wildman–Crippen MR) is 80.4 cm³/mol. The Labute approximate surface area is 120 Å². The Morgan fingerprint density at radius 3 is 2.55 bits per heavy atom. The molecule has 3 nitrogen and oxygen atoms in total. The maximum atomic E-state index is 11.7. The standard InChI is InChI=1S/C17H20N2O/c1-2-8-17(20)19-13-15(14-9-4-3-5-10-14)16-11-6-7-12-18-16/h3-7,9-12,15H,2,8,13H2,1H3,(H,19,20). The minimum absolute atomic E-state index is 0.0956. The minimum Gasteiger partial charge on any atom is -0.355 e. The number of hydrogen-bond acceptors (Lipinski definition) is 2. The molecule has 20 heavy (non-hydrogen) atoms. The molecule has 104 valence electrons. The van der Waals surface area contributed by atoms with Gasteiger partial charge >= 0.3 is 0 Å². The van der Waals surface area contributed by atoms with Crippen molar-refractivity contribution in [1.82, 2.24) is 10.3 Å². The highest BCUT2D eigenvalue weighted by molar-refractivity contribution is 5.75. The van der Waals surface area contributed by atoms with Crippen LogP contribution in [0.3, 0.4) is 0 Å². The first-order valence-electron chi connectivity index (χ1n) is 7.04. The summed E-state index contributed by atoms with van der Waals surface area (Å²) in [5.41, 5.74) is 2.15. The van der Waals surface area contributed by atoms with Crippen LogP contribution in [0.1, 0.15) is 36.9 Å². The highest BCUT2D eigenvalue weighted by Gasteiger charge is 2.15. The Kier molecular flexibility index (Phi) is 5.30. The molecule has 0 spiro atoms. The molecule has 0 radical (unpaired) electrons. The van der Waals surface area contributed by atoms with Gasteiger partial charge in [-0.05, 0) is 24.1 Å². The lowest BCUT2D eigenvalue weighted by Crippen LogP contribution is -2.28. The van der Waals surface area contributed by atoms with Crippen LogP contribution in [-0.4, -0.2) is 17.4 Å². The fraction of sp³-hybridized carbons (Fsp3) is 0.294. The fourth-order valence-corrected chi connectivity index (χ4v) is 2.19. The van der Waals surface area contributed by atoms with Gasteiger partial charge in [0, 0.05) is 30.8 Å². The van der Waals surface area contributed by atoms with Gasteiger partial charge in [0.2, 0.25) is 5.91 Å². The first kappa shape index (κ1) is 14.3. The van der Waals surface area contributed by atoms with Crippen LogP contribution in [0.5, 0.6) is 0 Å². The number of carbonyl (C=O) groups is 1. The van der Waals surface area contributed by atoms with E-state index in [1.165, 1.54) is 5.56 Å². The molecule has 2 aromatic rings. The molecule has 0 saturated carbocycles. The number of carbonyl (C=O) groups excluding carboxylic acids is 1. The van der Waals surface area contributed by atoms with Gasteiger partial charge in [-0.1, -0.05) is 43.3 Å². The lowest BCUT2D eigenvalue weighted by molar-refractivity contribution is -0.121. The maximum absolute atomic E-state index is 11.7. The highest BCUT2D eigenvalue weighted by Crippen LogP contribution is 2.21. The van der Waals surface area contributed by atoms with E-state index in [2.05, 4.69) is 22.4 Å². The Morgan fingerprint density at radius 2 is 1.90 bits per heavy atom. The Bertz CT molecular complexity index is 486. The number of rotatable bonds is 6. The van der Waals surface area contributed by atoms with Gasteiger partial charge in [-0.15, -0.1) is 0 Å². The van der Waals surface area contributed by atoms with Crippen LogP contribution in [0.15, 0.2) is 54.7 Å². The molecule has 1 aromatic heterocycles. The number of hydrogen-bond donors (Lipinski definition) is 1. The number of pyridine rings is 1. The van der Waals surface area contributed by atoms with Crippen molar-refractivity contribution in [2.45, 2.75) is 25.7 Å². The summed E-state index contributed by atoms with van der Waals surface area (Å²) in [6.45, 7) is 2.59.